The summed E-state index contributed by atoms with van der Waals surface area (Å²) in [4.78, 5) is 33.8. The number of benzene rings is 1. The Morgan fingerprint density at radius 2 is 2.06 bits per heavy atom. The molecular weight excluding hydrogens is 484 g/mol. The van der Waals surface area contributed by atoms with Crippen molar-refractivity contribution in [1.82, 2.24) is 15.3 Å². The number of nitrogens with one attached hydrogen (secondary N) is 2. The zero-order valence-corrected chi connectivity index (χ0v) is 20.3. The van der Waals surface area contributed by atoms with Gasteiger partial charge in [-0.3, -0.25) is 9.59 Å². The zero-order valence-electron chi connectivity index (χ0n) is 19.5. The molecule has 1 saturated heterocycles. The Labute approximate surface area is 211 Å². The van der Waals surface area contributed by atoms with E-state index < -0.39 is 18.3 Å². The Kier molecular flexibility index (Phi) is 7.06. The first-order valence-corrected chi connectivity index (χ1v) is 12.6. The first-order valence-electron chi connectivity index (χ1n) is 11.6. The number of methoxy groups -OCH3 is 1. The molecule has 2 aliphatic rings. The van der Waals surface area contributed by atoms with Crippen molar-refractivity contribution in [3.8, 4) is 5.88 Å². The molecule has 36 heavy (non-hydrogen) atoms. The van der Waals surface area contributed by atoms with Gasteiger partial charge < -0.3 is 30.3 Å². The van der Waals surface area contributed by atoms with Crippen LogP contribution < -0.4 is 15.4 Å². The van der Waals surface area contributed by atoms with E-state index in [0.29, 0.717) is 41.4 Å². The van der Waals surface area contributed by atoms with Gasteiger partial charge >= 0.3 is 0 Å². The second-order valence-corrected chi connectivity index (χ2v) is 9.72. The lowest BCUT2D eigenvalue weighted by Gasteiger charge is -2.34. The SMILES string of the molecule is COc1ccc2cccc([C@@H](O)[C@@H](O)[C@@H]3CC[C@@H](NC(=O)c4ccc5c(n4)NC(=O)CS5)CO3)c2n1. The number of carbonyl (C=O) groups excluding carboxylic acids is 2. The van der Waals surface area contributed by atoms with Gasteiger partial charge in [0.2, 0.25) is 11.8 Å². The lowest BCUT2D eigenvalue weighted by molar-refractivity contribution is -0.113. The quantitative estimate of drug-likeness (QED) is 0.392. The fourth-order valence-electron chi connectivity index (χ4n) is 4.40. The second kappa shape index (κ2) is 10.4. The number of carbonyl (C=O) groups is 2. The average Bonchev–Trinajstić information content (AvgIpc) is 2.91. The lowest BCUT2D eigenvalue weighted by atomic mass is 9.93. The van der Waals surface area contributed by atoms with Gasteiger partial charge in [-0.15, -0.1) is 11.8 Å². The summed E-state index contributed by atoms with van der Waals surface area (Å²) in [6.45, 7) is 0.180. The smallest absolute Gasteiger partial charge is 0.270 e. The largest absolute Gasteiger partial charge is 0.481 e. The summed E-state index contributed by atoms with van der Waals surface area (Å²) in [5.41, 5.74) is 1.24. The van der Waals surface area contributed by atoms with E-state index >= 15 is 0 Å². The number of aliphatic hydroxyl groups excluding tert-OH is 2. The molecule has 0 spiro atoms. The zero-order chi connectivity index (χ0) is 25.2. The summed E-state index contributed by atoms with van der Waals surface area (Å²) in [5.74, 6) is 0.613. The standard InChI is InChI=1S/C25H26N4O6S/c1-34-20-10-5-13-3-2-4-15(21(13)29-20)22(31)23(32)17-8-6-14(11-35-17)26-25(33)16-7-9-18-24(27-16)28-19(30)12-36-18/h2-5,7,9-10,14,17,22-23,31-32H,6,8,11-12H2,1H3,(H,26,33)(H,27,28,30)/t14-,17+,22-,23+/m1/s1. The molecule has 1 fully saturated rings. The first-order chi connectivity index (χ1) is 17.4. The van der Waals surface area contributed by atoms with Crippen LogP contribution in [0.15, 0.2) is 47.4 Å². The van der Waals surface area contributed by atoms with Crippen molar-refractivity contribution in [3.05, 3.63) is 53.7 Å². The Morgan fingerprint density at radius 1 is 1.19 bits per heavy atom. The monoisotopic (exact) mass is 510 g/mol. The van der Waals surface area contributed by atoms with Crippen LogP contribution in [0.3, 0.4) is 0 Å². The normalized spacial score (nSPS) is 21.2. The highest BCUT2D eigenvalue weighted by Gasteiger charge is 2.34. The number of hydrogen-bond donors (Lipinski definition) is 4. The fraction of sp³-hybridized carbons (Fsp3) is 0.360. The van der Waals surface area contributed by atoms with Crippen LogP contribution in [0.1, 0.15) is 35.0 Å². The van der Waals surface area contributed by atoms with Crippen molar-refractivity contribution in [2.45, 2.75) is 42.1 Å². The minimum Gasteiger partial charge on any atom is -0.481 e. The van der Waals surface area contributed by atoms with Crippen LogP contribution in [0.5, 0.6) is 5.88 Å². The topological polar surface area (TPSA) is 143 Å². The molecule has 4 N–H and O–H groups in total. The van der Waals surface area contributed by atoms with Crippen LogP contribution in [0.4, 0.5) is 5.82 Å². The predicted molar refractivity (Wildman–Crippen MR) is 133 cm³/mol. The molecule has 0 unspecified atom stereocenters. The number of rotatable bonds is 6. The highest BCUT2D eigenvalue weighted by Crippen LogP contribution is 2.31. The maximum Gasteiger partial charge on any atom is 0.270 e. The molecule has 1 aromatic carbocycles. The van der Waals surface area contributed by atoms with Gasteiger partial charge in [0.15, 0.2) is 0 Å². The summed E-state index contributed by atoms with van der Waals surface area (Å²) in [6.07, 6.45) is -2.00. The van der Waals surface area contributed by atoms with Gasteiger partial charge in [0.25, 0.3) is 5.91 Å². The van der Waals surface area contributed by atoms with E-state index in [1.807, 2.05) is 12.1 Å². The molecule has 10 nitrogen and oxygen atoms in total. The third kappa shape index (κ3) is 5.00. The maximum absolute atomic E-state index is 12.7. The molecule has 4 heterocycles. The number of ether oxygens (including phenoxy) is 2. The molecule has 2 amide bonds. The van der Waals surface area contributed by atoms with Crippen LogP contribution in [-0.2, 0) is 9.53 Å². The van der Waals surface area contributed by atoms with E-state index in [1.54, 1.807) is 30.3 Å². The van der Waals surface area contributed by atoms with E-state index in [1.165, 1.54) is 18.9 Å². The van der Waals surface area contributed by atoms with Crippen molar-refractivity contribution < 1.29 is 29.3 Å². The molecule has 0 radical (unpaired) electrons. The highest BCUT2D eigenvalue weighted by atomic mass is 32.2. The number of aliphatic hydroxyl groups is 2. The molecule has 2 aliphatic heterocycles. The van der Waals surface area contributed by atoms with Gasteiger partial charge in [-0.25, -0.2) is 9.97 Å². The van der Waals surface area contributed by atoms with Crippen molar-refractivity contribution in [1.29, 1.82) is 0 Å². The van der Waals surface area contributed by atoms with E-state index in [2.05, 4.69) is 20.6 Å². The summed E-state index contributed by atoms with van der Waals surface area (Å²) in [7, 11) is 1.52. The van der Waals surface area contributed by atoms with Crippen LogP contribution in [0.25, 0.3) is 10.9 Å². The Hall–Kier alpha value is -3.25. The van der Waals surface area contributed by atoms with E-state index in [0.717, 1.165) is 10.3 Å². The van der Waals surface area contributed by atoms with Gasteiger partial charge in [-0.1, -0.05) is 18.2 Å². The van der Waals surface area contributed by atoms with E-state index in [4.69, 9.17) is 9.47 Å². The van der Waals surface area contributed by atoms with E-state index in [9.17, 15) is 19.8 Å². The molecule has 0 aliphatic carbocycles. The summed E-state index contributed by atoms with van der Waals surface area (Å²) in [5, 5.41) is 28.2. The van der Waals surface area contributed by atoms with Gasteiger partial charge in [-0.05, 0) is 31.0 Å². The molecule has 11 heteroatoms. The number of pyridine rings is 2. The molecule has 2 aromatic heterocycles. The number of hydrogen-bond acceptors (Lipinski definition) is 9. The van der Waals surface area contributed by atoms with Crippen molar-refractivity contribution in [3.63, 3.8) is 0 Å². The first kappa shape index (κ1) is 24.4. The van der Waals surface area contributed by atoms with Gasteiger partial charge in [0.1, 0.15) is 23.7 Å². The van der Waals surface area contributed by atoms with Gasteiger partial charge in [0, 0.05) is 17.0 Å². The summed E-state index contributed by atoms with van der Waals surface area (Å²) in [6, 6.07) is 12.1. The third-order valence-corrected chi connectivity index (χ3v) is 7.36. The van der Waals surface area contributed by atoms with Gasteiger partial charge in [-0.2, -0.15) is 0 Å². The van der Waals surface area contributed by atoms with Crippen LogP contribution in [-0.4, -0.2) is 69.7 Å². The van der Waals surface area contributed by atoms with Crippen molar-refractivity contribution in [2.24, 2.45) is 0 Å². The lowest BCUT2D eigenvalue weighted by Crippen LogP contribution is -2.47. The van der Waals surface area contributed by atoms with E-state index in [-0.39, 0.29) is 30.2 Å². The Bertz CT molecular complexity index is 1300. The van der Waals surface area contributed by atoms with Crippen molar-refractivity contribution >= 4 is 40.3 Å². The number of nitrogens with zero attached hydrogens (tertiary/aromatic N) is 2. The molecule has 188 valence electrons. The average molecular weight is 511 g/mol. The maximum atomic E-state index is 12.7. The van der Waals surface area contributed by atoms with Crippen LogP contribution in [0, 0.1) is 0 Å². The molecule has 5 rings (SSSR count). The van der Waals surface area contributed by atoms with Crippen LogP contribution in [0.2, 0.25) is 0 Å². The summed E-state index contributed by atoms with van der Waals surface area (Å²) < 4.78 is 11.0. The number of fused-ring (bicyclic) bond motifs is 2. The van der Waals surface area contributed by atoms with Gasteiger partial charge in [0.05, 0.1) is 42.0 Å². The predicted octanol–water partition coefficient (Wildman–Crippen LogP) is 2.05. The number of amides is 2. The number of para-hydroxylation sites is 1. The number of aromatic nitrogens is 2. The Morgan fingerprint density at radius 3 is 2.83 bits per heavy atom. The fourth-order valence-corrected chi connectivity index (χ4v) is 5.15. The third-order valence-electron chi connectivity index (χ3n) is 6.31. The molecule has 0 bridgehead atoms. The minimum absolute atomic E-state index is 0.150. The number of anilines is 1. The molecule has 0 saturated carbocycles. The second-order valence-electron chi connectivity index (χ2n) is 8.71. The number of thioether (sulfide) groups is 1. The van der Waals surface area contributed by atoms with Crippen molar-refractivity contribution in [2.75, 3.05) is 24.8 Å². The molecule has 3 aromatic rings. The molecular formula is C25H26N4O6S. The minimum atomic E-state index is -1.21. The molecule has 4 atom stereocenters. The summed E-state index contributed by atoms with van der Waals surface area (Å²) >= 11 is 1.38. The highest BCUT2D eigenvalue weighted by molar-refractivity contribution is 8.00. The van der Waals surface area contributed by atoms with Crippen LogP contribution >= 0.6 is 11.8 Å². The Balaban J connectivity index is 1.20.